The number of fused-ring (bicyclic) bond motifs is 2. The Balaban J connectivity index is 1.62. The smallest absolute Gasteiger partial charge is 0.244 e. The van der Waals surface area contributed by atoms with Crippen LogP contribution in [0.15, 0.2) is 35.3 Å². The summed E-state index contributed by atoms with van der Waals surface area (Å²) in [5.41, 5.74) is 0.580. The molecule has 0 bridgehead atoms. The number of amides is 1. The summed E-state index contributed by atoms with van der Waals surface area (Å²) >= 11 is 0. The van der Waals surface area contributed by atoms with E-state index in [0.717, 1.165) is 19.3 Å². The van der Waals surface area contributed by atoms with Crippen LogP contribution in [0, 0.1) is 0 Å². The van der Waals surface area contributed by atoms with E-state index < -0.39 is 0 Å². The number of hydrogen-bond donors (Lipinski definition) is 0. The van der Waals surface area contributed by atoms with Gasteiger partial charge < -0.3 is 9.64 Å². The van der Waals surface area contributed by atoms with Crippen LogP contribution in [0.1, 0.15) is 19.3 Å². The molecule has 23 heavy (non-hydrogen) atoms. The summed E-state index contributed by atoms with van der Waals surface area (Å²) in [7, 11) is 0. The monoisotopic (exact) mass is 313 g/mol. The zero-order valence-electron chi connectivity index (χ0n) is 12.9. The molecule has 2 aliphatic rings. The summed E-state index contributed by atoms with van der Waals surface area (Å²) in [6.07, 6.45) is 4.63. The number of para-hydroxylation sites is 1. The third kappa shape index (κ3) is 2.53. The molecule has 1 aromatic carbocycles. The molecule has 1 aromatic heterocycles. The van der Waals surface area contributed by atoms with Crippen LogP contribution in [0.4, 0.5) is 0 Å². The van der Waals surface area contributed by atoms with Crippen molar-refractivity contribution in [3.63, 3.8) is 0 Å². The molecule has 2 fully saturated rings. The molecule has 2 heterocycles. The molecule has 1 saturated carbocycles. The van der Waals surface area contributed by atoms with Gasteiger partial charge in [0.15, 0.2) is 0 Å². The van der Waals surface area contributed by atoms with Gasteiger partial charge in [-0.1, -0.05) is 12.1 Å². The van der Waals surface area contributed by atoms with Gasteiger partial charge in [-0.15, -0.1) is 0 Å². The lowest BCUT2D eigenvalue weighted by Crippen LogP contribution is -2.52. The van der Waals surface area contributed by atoms with Gasteiger partial charge in [0.1, 0.15) is 6.54 Å². The third-order valence-corrected chi connectivity index (χ3v) is 4.85. The van der Waals surface area contributed by atoms with E-state index in [1.165, 1.54) is 6.20 Å². The highest BCUT2D eigenvalue weighted by molar-refractivity contribution is 5.81. The number of morpholine rings is 1. The molecule has 1 saturated heterocycles. The second-order valence-electron chi connectivity index (χ2n) is 6.18. The average molecular weight is 313 g/mol. The maximum absolute atomic E-state index is 12.8. The van der Waals surface area contributed by atoms with Gasteiger partial charge in [0.25, 0.3) is 0 Å². The zero-order valence-corrected chi connectivity index (χ0v) is 12.9. The predicted octanol–water partition coefficient (Wildman–Crippen LogP) is 1.18. The summed E-state index contributed by atoms with van der Waals surface area (Å²) in [5, 5.41) is 4.75. The number of rotatable bonds is 2. The van der Waals surface area contributed by atoms with Crippen LogP contribution in [0.25, 0.3) is 10.9 Å². The zero-order chi connectivity index (χ0) is 15.8. The molecule has 6 nitrogen and oxygen atoms in total. The van der Waals surface area contributed by atoms with Crippen LogP contribution in [-0.4, -0.2) is 45.9 Å². The van der Waals surface area contributed by atoms with Crippen molar-refractivity contribution in [1.29, 1.82) is 0 Å². The molecule has 2 aromatic rings. The van der Waals surface area contributed by atoms with Crippen molar-refractivity contribution in [3.05, 3.63) is 40.7 Å². The van der Waals surface area contributed by atoms with E-state index >= 15 is 0 Å². The summed E-state index contributed by atoms with van der Waals surface area (Å²) in [6, 6.07) is 7.46. The molecule has 1 aliphatic heterocycles. The van der Waals surface area contributed by atoms with Gasteiger partial charge in [-0.3, -0.25) is 14.3 Å². The first-order valence-corrected chi connectivity index (χ1v) is 8.10. The quantitative estimate of drug-likeness (QED) is 0.835. The lowest BCUT2D eigenvalue weighted by Gasteiger charge is -2.37. The van der Waals surface area contributed by atoms with Crippen molar-refractivity contribution in [2.75, 3.05) is 13.2 Å². The average Bonchev–Trinajstić information content (AvgIpc) is 3.06. The van der Waals surface area contributed by atoms with Gasteiger partial charge in [-0.25, -0.2) is 0 Å². The fourth-order valence-corrected chi connectivity index (χ4v) is 3.74. The van der Waals surface area contributed by atoms with Crippen LogP contribution < -0.4 is 5.43 Å². The lowest BCUT2D eigenvalue weighted by atomic mass is 10.1. The highest BCUT2D eigenvalue weighted by Crippen LogP contribution is 2.29. The third-order valence-electron chi connectivity index (χ3n) is 4.85. The number of benzene rings is 1. The second kappa shape index (κ2) is 5.77. The van der Waals surface area contributed by atoms with Gasteiger partial charge in [-0.2, -0.15) is 5.10 Å². The molecular weight excluding hydrogens is 294 g/mol. The molecule has 1 aliphatic carbocycles. The molecule has 0 spiro atoms. The first-order valence-electron chi connectivity index (χ1n) is 8.10. The standard InChI is InChI=1S/C17H19N3O3/c21-15-10-18-20(13-5-2-1-4-12(13)15)11-17(22)19-8-9-23-16-7-3-6-14(16)19/h1-2,4-5,10,14,16H,3,6-9,11H2/t14-,16+/m1/s1. The van der Waals surface area contributed by atoms with E-state index in [1.807, 2.05) is 23.1 Å². The van der Waals surface area contributed by atoms with E-state index in [-0.39, 0.29) is 30.0 Å². The van der Waals surface area contributed by atoms with E-state index in [1.54, 1.807) is 10.7 Å². The maximum Gasteiger partial charge on any atom is 0.244 e. The highest BCUT2D eigenvalue weighted by Gasteiger charge is 2.38. The Bertz CT molecular complexity index is 801. The molecule has 0 unspecified atom stereocenters. The Labute approximate surface area is 133 Å². The van der Waals surface area contributed by atoms with Crippen LogP contribution >= 0.6 is 0 Å². The number of nitrogens with zero attached hydrogens (tertiary/aromatic N) is 3. The molecule has 6 heteroatoms. The minimum absolute atomic E-state index is 0.0477. The van der Waals surface area contributed by atoms with Gasteiger partial charge in [0.05, 0.1) is 30.5 Å². The molecule has 0 radical (unpaired) electrons. The van der Waals surface area contributed by atoms with Crippen molar-refractivity contribution < 1.29 is 9.53 Å². The number of carbonyl (C=O) groups excluding carboxylic acids is 1. The van der Waals surface area contributed by atoms with Crippen molar-refractivity contribution in [1.82, 2.24) is 14.7 Å². The first-order chi connectivity index (χ1) is 11.2. The van der Waals surface area contributed by atoms with Crippen LogP contribution in [0.3, 0.4) is 0 Å². The minimum atomic E-state index is -0.119. The van der Waals surface area contributed by atoms with Crippen molar-refractivity contribution in [2.45, 2.75) is 38.0 Å². The van der Waals surface area contributed by atoms with Crippen molar-refractivity contribution in [2.24, 2.45) is 0 Å². The number of carbonyl (C=O) groups is 1. The Morgan fingerprint density at radius 3 is 3.09 bits per heavy atom. The van der Waals surface area contributed by atoms with E-state index in [9.17, 15) is 9.59 Å². The van der Waals surface area contributed by atoms with Gasteiger partial charge in [0.2, 0.25) is 11.3 Å². The summed E-state index contributed by atoms with van der Waals surface area (Å²) in [5.74, 6) is 0.0477. The largest absolute Gasteiger partial charge is 0.374 e. The predicted molar refractivity (Wildman–Crippen MR) is 85.1 cm³/mol. The fourth-order valence-electron chi connectivity index (χ4n) is 3.74. The molecular formula is C17H19N3O3. The van der Waals surface area contributed by atoms with Crippen molar-refractivity contribution >= 4 is 16.8 Å². The summed E-state index contributed by atoms with van der Waals surface area (Å²) in [6.45, 7) is 1.40. The van der Waals surface area contributed by atoms with Crippen LogP contribution in [0.5, 0.6) is 0 Å². The molecule has 4 rings (SSSR count). The molecule has 1 amide bonds. The first kappa shape index (κ1) is 14.4. The number of aromatic nitrogens is 2. The van der Waals surface area contributed by atoms with E-state index in [2.05, 4.69) is 5.10 Å². The van der Waals surface area contributed by atoms with Gasteiger partial charge >= 0.3 is 0 Å². The van der Waals surface area contributed by atoms with Gasteiger partial charge in [0, 0.05) is 11.9 Å². The van der Waals surface area contributed by atoms with Crippen LogP contribution in [-0.2, 0) is 16.1 Å². The maximum atomic E-state index is 12.8. The Morgan fingerprint density at radius 1 is 1.30 bits per heavy atom. The number of hydrogen-bond acceptors (Lipinski definition) is 4. The Morgan fingerprint density at radius 2 is 2.17 bits per heavy atom. The Hall–Kier alpha value is -2.21. The Kier molecular flexibility index (Phi) is 3.61. The normalized spacial score (nSPS) is 23.9. The molecule has 2 atom stereocenters. The number of ether oxygens (including phenoxy) is 1. The van der Waals surface area contributed by atoms with E-state index in [0.29, 0.717) is 24.1 Å². The highest BCUT2D eigenvalue weighted by atomic mass is 16.5. The van der Waals surface area contributed by atoms with Crippen LogP contribution in [0.2, 0.25) is 0 Å². The summed E-state index contributed by atoms with van der Waals surface area (Å²) in [4.78, 5) is 26.6. The minimum Gasteiger partial charge on any atom is -0.374 e. The molecule has 120 valence electrons. The second-order valence-corrected chi connectivity index (χ2v) is 6.18. The fraction of sp³-hybridized carbons (Fsp3) is 0.471. The van der Waals surface area contributed by atoms with E-state index in [4.69, 9.17) is 4.74 Å². The van der Waals surface area contributed by atoms with Crippen molar-refractivity contribution in [3.8, 4) is 0 Å². The molecule has 0 N–H and O–H groups in total. The lowest BCUT2D eigenvalue weighted by molar-refractivity contribution is -0.144. The summed E-state index contributed by atoms with van der Waals surface area (Å²) < 4.78 is 7.38. The van der Waals surface area contributed by atoms with Gasteiger partial charge in [-0.05, 0) is 31.4 Å². The topological polar surface area (TPSA) is 64.4 Å². The SMILES string of the molecule is O=C(Cn1ncc(=O)c2ccccc21)N1CCO[C@H]2CCC[C@H]21.